The Morgan fingerprint density at radius 2 is 2.00 bits per heavy atom. The van der Waals surface area contributed by atoms with Gasteiger partial charge in [-0.1, -0.05) is 25.4 Å². The van der Waals surface area contributed by atoms with Gasteiger partial charge in [0.15, 0.2) is 5.78 Å². The van der Waals surface area contributed by atoms with Crippen LogP contribution in [0.1, 0.15) is 31.1 Å². The summed E-state index contributed by atoms with van der Waals surface area (Å²) in [5.74, 6) is 0.639. The minimum atomic E-state index is 0.00610. The number of Topliss-reactive ketones (excluding diaryl/α,β-unsaturated/α-hetero) is 1. The van der Waals surface area contributed by atoms with Gasteiger partial charge in [0, 0.05) is 12.1 Å². The van der Waals surface area contributed by atoms with Gasteiger partial charge in [0.25, 0.3) is 0 Å². The molecular weight excluding hydrogens is 250 g/mol. The zero-order valence-electron chi connectivity index (χ0n) is 11.2. The van der Waals surface area contributed by atoms with E-state index in [0.717, 1.165) is 19.6 Å². The summed E-state index contributed by atoms with van der Waals surface area (Å²) in [5, 5.41) is 0.488. The largest absolute Gasteiger partial charge is 0.491 e. The lowest BCUT2D eigenvalue weighted by atomic mass is 10.1. The number of carbonyl (C=O) groups is 1. The number of likely N-dealkylation sites (N-methyl/N-ethyl adjacent to an activating group) is 1. The number of ether oxygens (including phenoxy) is 1. The highest BCUT2D eigenvalue weighted by Crippen LogP contribution is 2.25. The minimum Gasteiger partial charge on any atom is -0.491 e. The van der Waals surface area contributed by atoms with Crippen molar-refractivity contribution in [2.24, 2.45) is 0 Å². The van der Waals surface area contributed by atoms with Gasteiger partial charge in [-0.25, -0.2) is 0 Å². The highest BCUT2D eigenvalue weighted by molar-refractivity contribution is 6.32. The number of halogens is 1. The maximum atomic E-state index is 11.2. The van der Waals surface area contributed by atoms with Gasteiger partial charge >= 0.3 is 0 Å². The van der Waals surface area contributed by atoms with E-state index >= 15 is 0 Å². The van der Waals surface area contributed by atoms with Crippen LogP contribution < -0.4 is 4.74 Å². The molecule has 0 N–H and O–H groups in total. The summed E-state index contributed by atoms with van der Waals surface area (Å²) in [7, 11) is 0. The highest BCUT2D eigenvalue weighted by Gasteiger charge is 2.06. The van der Waals surface area contributed by atoms with Crippen LogP contribution in [-0.2, 0) is 0 Å². The van der Waals surface area contributed by atoms with Crippen molar-refractivity contribution >= 4 is 17.4 Å². The number of ketones is 1. The molecule has 0 aliphatic rings. The molecule has 0 fully saturated rings. The molecule has 1 rings (SSSR count). The molecule has 0 unspecified atom stereocenters. The van der Waals surface area contributed by atoms with Crippen molar-refractivity contribution in [2.75, 3.05) is 26.2 Å². The zero-order valence-corrected chi connectivity index (χ0v) is 12.0. The van der Waals surface area contributed by atoms with Gasteiger partial charge in [0.2, 0.25) is 0 Å². The monoisotopic (exact) mass is 269 g/mol. The molecule has 0 radical (unpaired) electrons. The molecule has 0 heterocycles. The Balaban J connectivity index is 2.55. The van der Waals surface area contributed by atoms with E-state index in [1.165, 1.54) is 6.92 Å². The van der Waals surface area contributed by atoms with Crippen molar-refractivity contribution in [1.29, 1.82) is 0 Å². The lowest BCUT2D eigenvalue weighted by Gasteiger charge is -2.18. The topological polar surface area (TPSA) is 29.5 Å². The molecule has 0 aromatic heterocycles. The van der Waals surface area contributed by atoms with Crippen LogP contribution in [0.15, 0.2) is 18.2 Å². The molecule has 1 aromatic rings. The Hall–Kier alpha value is -1.06. The molecule has 0 aliphatic heterocycles. The molecule has 4 heteroatoms. The van der Waals surface area contributed by atoms with Gasteiger partial charge in [-0.15, -0.1) is 0 Å². The molecule has 0 saturated heterocycles. The molecule has 0 aliphatic carbocycles. The standard InChI is InChI=1S/C14H20ClNO2/c1-4-16(5-2)8-9-18-14-7-6-12(11(3)17)10-13(14)15/h6-7,10H,4-5,8-9H2,1-3H3. The van der Waals surface area contributed by atoms with E-state index in [0.29, 0.717) is 22.9 Å². The van der Waals surface area contributed by atoms with E-state index in [-0.39, 0.29) is 5.78 Å². The van der Waals surface area contributed by atoms with E-state index in [2.05, 4.69) is 18.7 Å². The van der Waals surface area contributed by atoms with Gasteiger partial charge in [-0.3, -0.25) is 4.79 Å². The number of nitrogens with zero attached hydrogens (tertiary/aromatic N) is 1. The van der Waals surface area contributed by atoms with Crippen LogP contribution in [0.25, 0.3) is 0 Å². The van der Waals surface area contributed by atoms with Crippen molar-refractivity contribution < 1.29 is 9.53 Å². The Kier molecular flexibility index (Phi) is 6.16. The first-order chi connectivity index (χ1) is 8.58. The van der Waals surface area contributed by atoms with Crippen molar-refractivity contribution in [1.82, 2.24) is 4.90 Å². The molecule has 0 spiro atoms. The predicted molar refractivity (Wildman–Crippen MR) is 74.7 cm³/mol. The molecule has 0 bridgehead atoms. The summed E-state index contributed by atoms with van der Waals surface area (Å²) in [6.07, 6.45) is 0. The summed E-state index contributed by atoms with van der Waals surface area (Å²) >= 11 is 6.07. The number of hydrogen-bond donors (Lipinski definition) is 0. The maximum Gasteiger partial charge on any atom is 0.159 e. The summed E-state index contributed by atoms with van der Waals surface area (Å²) in [6, 6.07) is 5.14. The van der Waals surface area contributed by atoms with Gasteiger partial charge in [-0.2, -0.15) is 0 Å². The third-order valence-electron chi connectivity index (χ3n) is 2.90. The first kappa shape index (κ1) is 15.0. The SMILES string of the molecule is CCN(CC)CCOc1ccc(C(C)=O)cc1Cl. The average Bonchev–Trinajstić information content (AvgIpc) is 2.36. The second kappa shape index (κ2) is 7.39. The van der Waals surface area contributed by atoms with E-state index in [4.69, 9.17) is 16.3 Å². The molecular formula is C14H20ClNO2. The van der Waals surface area contributed by atoms with Crippen molar-refractivity contribution in [3.05, 3.63) is 28.8 Å². The van der Waals surface area contributed by atoms with Crippen LogP contribution in [0.4, 0.5) is 0 Å². The molecule has 18 heavy (non-hydrogen) atoms. The first-order valence-corrected chi connectivity index (χ1v) is 6.61. The summed E-state index contributed by atoms with van der Waals surface area (Å²) in [4.78, 5) is 13.5. The van der Waals surface area contributed by atoms with Crippen LogP contribution in [0.5, 0.6) is 5.75 Å². The van der Waals surface area contributed by atoms with Crippen LogP contribution in [-0.4, -0.2) is 36.9 Å². The Morgan fingerprint density at radius 1 is 1.33 bits per heavy atom. The minimum absolute atomic E-state index is 0.00610. The van der Waals surface area contributed by atoms with E-state index in [1.54, 1.807) is 18.2 Å². The van der Waals surface area contributed by atoms with Gasteiger partial charge < -0.3 is 9.64 Å². The normalized spacial score (nSPS) is 10.7. The molecule has 0 amide bonds. The van der Waals surface area contributed by atoms with Gasteiger partial charge in [0.05, 0.1) is 5.02 Å². The average molecular weight is 270 g/mol. The summed E-state index contributed by atoms with van der Waals surface area (Å²) < 4.78 is 5.62. The fourth-order valence-corrected chi connectivity index (χ4v) is 1.90. The molecule has 1 aromatic carbocycles. The van der Waals surface area contributed by atoms with E-state index in [1.807, 2.05) is 0 Å². The fraction of sp³-hybridized carbons (Fsp3) is 0.500. The van der Waals surface area contributed by atoms with Crippen LogP contribution in [0.3, 0.4) is 0 Å². The summed E-state index contributed by atoms with van der Waals surface area (Å²) in [6.45, 7) is 9.26. The maximum absolute atomic E-state index is 11.2. The van der Waals surface area contributed by atoms with Gasteiger partial charge in [-0.05, 0) is 38.2 Å². The molecule has 0 saturated carbocycles. The van der Waals surface area contributed by atoms with Crippen molar-refractivity contribution in [3.8, 4) is 5.75 Å². The van der Waals surface area contributed by atoms with Crippen LogP contribution >= 0.6 is 11.6 Å². The van der Waals surface area contributed by atoms with Crippen LogP contribution in [0.2, 0.25) is 5.02 Å². The van der Waals surface area contributed by atoms with Crippen molar-refractivity contribution in [2.45, 2.75) is 20.8 Å². The number of benzene rings is 1. The third-order valence-corrected chi connectivity index (χ3v) is 3.19. The lowest BCUT2D eigenvalue weighted by Crippen LogP contribution is -2.27. The second-order valence-electron chi connectivity index (χ2n) is 4.08. The second-order valence-corrected chi connectivity index (χ2v) is 4.48. The Bertz CT molecular complexity index is 403. The third kappa shape index (κ3) is 4.31. The Morgan fingerprint density at radius 3 is 2.50 bits per heavy atom. The van der Waals surface area contributed by atoms with Gasteiger partial charge in [0.1, 0.15) is 12.4 Å². The molecule has 3 nitrogen and oxygen atoms in total. The fourth-order valence-electron chi connectivity index (χ4n) is 1.66. The Labute approximate surface area is 114 Å². The summed E-state index contributed by atoms with van der Waals surface area (Å²) in [5.41, 5.74) is 0.607. The quantitative estimate of drug-likeness (QED) is 0.712. The zero-order chi connectivity index (χ0) is 13.5. The predicted octanol–water partition coefficient (Wildman–Crippen LogP) is 3.26. The van der Waals surface area contributed by atoms with Crippen LogP contribution in [0, 0.1) is 0 Å². The number of hydrogen-bond acceptors (Lipinski definition) is 3. The smallest absolute Gasteiger partial charge is 0.159 e. The highest BCUT2D eigenvalue weighted by atomic mass is 35.5. The lowest BCUT2D eigenvalue weighted by molar-refractivity contribution is 0.101. The number of rotatable bonds is 7. The van der Waals surface area contributed by atoms with Crippen molar-refractivity contribution in [3.63, 3.8) is 0 Å². The first-order valence-electron chi connectivity index (χ1n) is 6.24. The molecule has 0 atom stereocenters. The van der Waals surface area contributed by atoms with E-state index < -0.39 is 0 Å². The van der Waals surface area contributed by atoms with E-state index in [9.17, 15) is 4.79 Å². The number of carbonyl (C=O) groups excluding carboxylic acids is 1. The molecule has 100 valence electrons.